The Morgan fingerprint density at radius 1 is 1.25 bits per heavy atom. The molecule has 9 heteroatoms. The topological polar surface area (TPSA) is 103 Å². The smallest absolute Gasteiger partial charge is 0.339 e. The number of methoxy groups -OCH3 is 1. The molecule has 8 nitrogen and oxygen atoms in total. The molecule has 0 saturated heterocycles. The van der Waals surface area contributed by atoms with E-state index in [1.807, 2.05) is 13.8 Å². The molecule has 0 bridgehead atoms. The maximum atomic E-state index is 12.8. The van der Waals surface area contributed by atoms with E-state index in [0.717, 1.165) is 0 Å². The monoisotopic (exact) mass is 351 g/mol. The zero-order chi connectivity index (χ0) is 18.0. The molecule has 0 aliphatic rings. The van der Waals surface area contributed by atoms with Gasteiger partial charge in [-0.3, -0.25) is 4.79 Å². The molecule has 0 aliphatic heterocycles. The first-order valence-corrected chi connectivity index (χ1v) is 8.42. The van der Waals surface area contributed by atoms with Gasteiger partial charge in [0, 0.05) is 5.69 Å². The summed E-state index contributed by atoms with van der Waals surface area (Å²) in [5.41, 5.74) is 2.04. The number of esters is 1. The molecule has 2 aromatic rings. The van der Waals surface area contributed by atoms with Crippen molar-refractivity contribution in [3.8, 4) is 0 Å². The Labute approximate surface area is 144 Å². The average Bonchev–Trinajstić information content (AvgIpc) is 3.10. The fourth-order valence-corrected chi connectivity index (χ4v) is 3.39. The first-order valence-electron chi connectivity index (χ1n) is 7.54. The van der Waals surface area contributed by atoms with Crippen LogP contribution in [0, 0.1) is 13.8 Å². The summed E-state index contributed by atoms with van der Waals surface area (Å²) in [6.07, 6.45) is 0. The van der Waals surface area contributed by atoms with Gasteiger partial charge >= 0.3 is 5.97 Å². The van der Waals surface area contributed by atoms with Crippen LogP contribution in [0.1, 0.15) is 58.9 Å². The van der Waals surface area contributed by atoms with Gasteiger partial charge in [0.25, 0.3) is 0 Å². The third-order valence-electron chi connectivity index (χ3n) is 3.68. The predicted molar refractivity (Wildman–Crippen MR) is 89.5 cm³/mol. The molecule has 2 aromatic heterocycles. The van der Waals surface area contributed by atoms with Crippen LogP contribution in [0.4, 0.5) is 0 Å². The van der Waals surface area contributed by atoms with Crippen molar-refractivity contribution in [2.24, 2.45) is 0 Å². The second-order valence-corrected chi connectivity index (χ2v) is 7.05. The molecule has 130 valence electrons. The maximum Gasteiger partial charge on any atom is 0.339 e. The van der Waals surface area contributed by atoms with Crippen molar-refractivity contribution in [3.63, 3.8) is 0 Å². The molecule has 24 heavy (non-hydrogen) atoms. The van der Waals surface area contributed by atoms with Crippen LogP contribution in [-0.4, -0.2) is 49.3 Å². The van der Waals surface area contributed by atoms with E-state index in [0.29, 0.717) is 27.7 Å². The number of ketones is 1. The van der Waals surface area contributed by atoms with E-state index in [1.165, 1.54) is 18.9 Å². The number of rotatable bonds is 6. The number of carbonyl (C=O) groups excluding carboxylic acids is 2. The number of nitrogens with zero attached hydrogens (tertiary/aromatic N) is 4. The highest BCUT2D eigenvalue weighted by atomic mass is 32.2. The van der Waals surface area contributed by atoms with Gasteiger partial charge in [-0.05, 0) is 50.6 Å². The van der Waals surface area contributed by atoms with Gasteiger partial charge in [-0.25, -0.2) is 9.48 Å². The van der Waals surface area contributed by atoms with Crippen LogP contribution in [0.2, 0.25) is 0 Å². The highest BCUT2D eigenvalue weighted by molar-refractivity contribution is 8.00. The van der Waals surface area contributed by atoms with E-state index in [1.54, 1.807) is 25.5 Å². The summed E-state index contributed by atoms with van der Waals surface area (Å²) >= 11 is 1.29. The van der Waals surface area contributed by atoms with E-state index in [2.05, 4.69) is 20.5 Å². The van der Waals surface area contributed by atoms with Gasteiger partial charge in [0.2, 0.25) is 5.16 Å². The van der Waals surface area contributed by atoms with Crippen LogP contribution < -0.4 is 0 Å². The molecule has 1 atom stereocenters. The molecule has 0 amide bonds. The first kappa shape index (κ1) is 18.2. The number of tetrazole rings is 1. The molecule has 0 saturated carbocycles. The van der Waals surface area contributed by atoms with Gasteiger partial charge in [0.1, 0.15) is 0 Å². The molecule has 1 N–H and O–H groups in total. The largest absolute Gasteiger partial charge is 0.465 e. The molecule has 2 rings (SSSR count). The predicted octanol–water partition coefficient (Wildman–Crippen LogP) is 2.35. The fraction of sp³-hybridized carbons (Fsp3) is 0.533. The number of aromatic nitrogens is 5. The Bertz CT molecular complexity index is 765. The van der Waals surface area contributed by atoms with Crippen molar-refractivity contribution >= 4 is 23.5 Å². The molecule has 2 heterocycles. The summed E-state index contributed by atoms with van der Waals surface area (Å²) in [7, 11) is 1.32. The number of thioether (sulfide) groups is 1. The van der Waals surface area contributed by atoms with E-state index in [-0.39, 0.29) is 11.8 Å². The van der Waals surface area contributed by atoms with Crippen molar-refractivity contribution in [1.82, 2.24) is 25.2 Å². The van der Waals surface area contributed by atoms with E-state index < -0.39 is 11.2 Å². The van der Waals surface area contributed by atoms with Crippen LogP contribution in [0.3, 0.4) is 0 Å². The van der Waals surface area contributed by atoms with Gasteiger partial charge in [0.15, 0.2) is 5.78 Å². The Hall–Kier alpha value is -2.16. The lowest BCUT2D eigenvalue weighted by Crippen LogP contribution is -2.17. The van der Waals surface area contributed by atoms with Crippen LogP contribution >= 0.6 is 11.8 Å². The minimum atomic E-state index is -0.454. The number of carbonyl (C=O) groups is 2. The zero-order valence-corrected chi connectivity index (χ0v) is 15.4. The molecule has 0 fully saturated rings. The summed E-state index contributed by atoms with van der Waals surface area (Å²) in [5, 5.41) is 11.7. The van der Waals surface area contributed by atoms with E-state index >= 15 is 0 Å². The average molecular weight is 351 g/mol. The summed E-state index contributed by atoms with van der Waals surface area (Å²) in [6, 6.07) is 0.102. The van der Waals surface area contributed by atoms with Crippen molar-refractivity contribution in [2.45, 2.75) is 51.1 Å². The summed E-state index contributed by atoms with van der Waals surface area (Å²) < 4.78 is 6.44. The molecule has 0 aromatic carbocycles. The van der Waals surface area contributed by atoms with Gasteiger partial charge in [-0.2, -0.15) is 0 Å². The van der Waals surface area contributed by atoms with Crippen molar-refractivity contribution in [1.29, 1.82) is 0 Å². The number of aromatic amines is 1. The lowest BCUT2D eigenvalue weighted by atomic mass is 10.1. The zero-order valence-electron chi connectivity index (χ0n) is 14.6. The van der Waals surface area contributed by atoms with Crippen molar-refractivity contribution in [2.75, 3.05) is 7.11 Å². The van der Waals surface area contributed by atoms with Crippen LogP contribution in [0.15, 0.2) is 5.16 Å². The number of aryl methyl sites for hydroxylation is 1. The summed E-state index contributed by atoms with van der Waals surface area (Å²) in [5.74, 6) is -0.571. The second kappa shape index (κ2) is 7.16. The second-order valence-electron chi connectivity index (χ2n) is 5.74. The van der Waals surface area contributed by atoms with E-state index in [4.69, 9.17) is 4.74 Å². The maximum absolute atomic E-state index is 12.8. The number of ether oxygens (including phenoxy) is 1. The number of H-pyrrole nitrogens is 1. The normalized spacial score (nSPS) is 12.5. The molecular weight excluding hydrogens is 330 g/mol. The Kier molecular flexibility index (Phi) is 5.43. The SMILES string of the molecule is COC(=O)c1c(C)[nH]c(C(=O)C(C)Sc2nnnn2C(C)C)c1C. The van der Waals surface area contributed by atoms with Crippen molar-refractivity contribution in [3.05, 3.63) is 22.5 Å². The molecule has 0 radical (unpaired) electrons. The minimum absolute atomic E-state index is 0.102. The highest BCUT2D eigenvalue weighted by Crippen LogP contribution is 2.27. The molecular formula is C15H21N5O3S. The minimum Gasteiger partial charge on any atom is -0.465 e. The van der Waals surface area contributed by atoms with Crippen LogP contribution in [-0.2, 0) is 4.74 Å². The fourth-order valence-electron chi connectivity index (χ4n) is 2.41. The Morgan fingerprint density at radius 3 is 2.50 bits per heavy atom. The van der Waals surface area contributed by atoms with Gasteiger partial charge in [-0.15, -0.1) is 5.10 Å². The van der Waals surface area contributed by atoms with Gasteiger partial charge in [0.05, 0.1) is 29.7 Å². The van der Waals surface area contributed by atoms with E-state index in [9.17, 15) is 9.59 Å². The summed E-state index contributed by atoms with van der Waals surface area (Å²) in [6.45, 7) is 9.20. The third kappa shape index (κ3) is 3.35. The number of hydrogen-bond acceptors (Lipinski definition) is 7. The highest BCUT2D eigenvalue weighted by Gasteiger charge is 2.27. The lowest BCUT2D eigenvalue weighted by molar-refractivity contribution is 0.0599. The number of Topliss-reactive ketones (excluding diaryl/α,β-unsaturated/α-hetero) is 1. The molecule has 0 aliphatic carbocycles. The lowest BCUT2D eigenvalue weighted by Gasteiger charge is -2.11. The number of nitrogens with one attached hydrogen (secondary N) is 1. The van der Waals surface area contributed by atoms with Gasteiger partial charge < -0.3 is 9.72 Å². The Morgan fingerprint density at radius 2 is 1.92 bits per heavy atom. The molecule has 0 spiro atoms. The third-order valence-corrected chi connectivity index (χ3v) is 4.72. The summed E-state index contributed by atoms with van der Waals surface area (Å²) in [4.78, 5) is 27.6. The van der Waals surface area contributed by atoms with Crippen LogP contribution in [0.25, 0.3) is 0 Å². The van der Waals surface area contributed by atoms with Gasteiger partial charge in [-0.1, -0.05) is 11.8 Å². The van der Waals surface area contributed by atoms with Crippen molar-refractivity contribution < 1.29 is 14.3 Å². The Balaban J connectivity index is 2.25. The quantitative estimate of drug-likeness (QED) is 0.484. The molecule has 1 unspecified atom stereocenters. The van der Waals surface area contributed by atoms with Crippen LogP contribution in [0.5, 0.6) is 0 Å². The number of hydrogen-bond donors (Lipinski definition) is 1. The standard InChI is InChI=1S/C15H21N5O3S/c1-7(2)20-15(17-18-19-20)24-10(5)13(21)12-8(3)11(9(4)16-12)14(22)23-6/h7,10,16H,1-6H3. The first-order chi connectivity index (χ1) is 11.3.